The SMILES string of the molecule is CC(NC(=O)c1ccc(Br)cc1O)C1CCCNC1. The highest BCUT2D eigenvalue weighted by molar-refractivity contribution is 9.10. The zero-order chi connectivity index (χ0) is 13.8. The van der Waals surface area contributed by atoms with E-state index in [9.17, 15) is 9.90 Å². The highest BCUT2D eigenvalue weighted by Gasteiger charge is 2.22. The summed E-state index contributed by atoms with van der Waals surface area (Å²) in [6.07, 6.45) is 2.27. The summed E-state index contributed by atoms with van der Waals surface area (Å²) in [7, 11) is 0. The van der Waals surface area contributed by atoms with Gasteiger partial charge < -0.3 is 15.7 Å². The molecule has 1 aliphatic heterocycles. The number of rotatable bonds is 3. The van der Waals surface area contributed by atoms with Crippen molar-refractivity contribution in [2.75, 3.05) is 13.1 Å². The largest absolute Gasteiger partial charge is 0.507 e. The summed E-state index contributed by atoms with van der Waals surface area (Å²) in [5, 5.41) is 16.1. The summed E-state index contributed by atoms with van der Waals surface area (Å²) in [4.78, 5) is 12.1. The molecule has 1 aromatic rings. The molecule has 2 atom stereocenters. The van der Waals surface area contributed by atoms with E-state index in [0.717, 1.165) is 30.4 Å². The lowest BCUT2D eigenvalue weighted by Gasteiger charge is -2.29. The normalized spacial score (nSPS) is 20.8. The molecule has 4 nitrogen and oxygen atoms in total. The van der Waals surface area contributed by atoms with E-state index < -0.39 is 0 Å². The minimum Gasteiger partial charge on any atom is -0.507 e. The Bertz CT molecular complexity index is 459. The number of carbonyl (C=O) groups excluding carboxylic acids is 1. The van der Waals surface area contributed by atoms with Gasteiger partial charge in [0.15, 0.2) is 0 Å². The van der Waals surface area contributed by atoms with Crippen LogP contribution in [0.15, 0.2) is 22.7 Å². The van der Waals surface area contributed by atoms with E-state index in [0.29, 0.717) is 11.5 Å². The number of nitrogens with one attached hydrogen (secondary N) is 2. The molecule has 5 heteroatoms. The molecule has 19 heavy (non-hydrogen) atoms. The van der Waals surface area contributed by atoms with Gasteiger partial charge in [0.05, 0.1) is 5.56 Å². The molecule has 0 aromatic heterocycles. The fraction of sp³-hybridized carbons (Fsp3) is 0.500. The fourth-order valence-electron chi connectivity index (χ4n) is 2.40. The number of halogens is 1. The Kier molecular flexibility index (Phi) is 4.82. The molecular formula is C14H19BrN2O2. The monoisotopic (exact) mass is 326 g/mol. The van der Waals surface area contributed by atoms with Gasteiger partial charge in [-0.05, 0) is 57.0 Å². The van der Waals surface area contributed by atoms with Crippen molar-refractivity contribution < 1.29 is 9.90 Å². The van der Waals surface area contributed by atoms with Crippen LogP contribution < -0.4 is 10.6 Å². The maximum Gasteiger partial charge on any atom is 0.255 e. The van der Waals surface area contributed by atoms with Gasteiger partial charge in [-0.3, -0.25) is 4.79 Å². The number of carbonyl (C=O) groups is 1. The Balaban J connectivity index is 1.99. The predicted octanol–water partition coefficient (Wildman–Crippen LogP) is 2.27. The van der Waals surface area contributed by atoms with Gasteiger partial charge in [-0.25, -0.2) is 0 Å². The lowest BCUT2D eigenvalue weighted by molar-refractivity contribution is 0.0919. The van der Waals surface area contributed by atoms with E-state index >= 15 is 0 Å². The average molecular weight is 327 g/mol. The van der Waals surface area contributed by atoms with Crippen LogP contribution in [-0.4, -0.2) is 30.1 Å². The molecule has 1 heterocycles. The third-order valence-corrected chi connectivity index (χ3v) is 4.10. The van der Waals surface area contributed by atoms with Crippen molar-refractivity contribution in [1.29, 1.82) is 0 Å². The first-order valence-electron chi connectivity index (χ1n) is 6.58. The minimum absolute atomic E-state index is 0.000782. The summed E-state index contributed by atoms with van der Waals surface area (Å²) in [5.41, 5.74) is 0.318. The van der Waals surface area contributed by atoms with E-state index in [1.165, 1.54) is 6.07 Å². The molecule has 1 aliphatic rings. The van der Waals surface area contributed by atoms with Crippen LogP contribution in [0.2, 0.25) is 0 Å². The number of piperidine rings is 1. The maximum absolute atomic E-state index is 12.1. The third kappa shape index (κ3) is 3.70. The first kappa shape index (κ1) is 14.3. The van der Waals surface area contributed by atoms with Crippen LogP contribution in [-0.2, 0) is 0 Å². The molecule has 0 aliphatic carbocycles. The summed E-state index contributed by atoms with van der Waals surface area (Å²) in [6, 6.07) is 5.01. The van der Waals surface area contributed by atoms with Gasteiger partial charge in [0.1, 0.15) is 5.75 Å². The Labute approximate surface area is 121 Å². The van der Waals surface area contributed by atoms with Gasteiger partial charge in [-0.2, -0.15) is 0 Å². The molecule has 0 saturated carbocycles. The highest BCUT2D eigenvalue weighted by atomic mass is 79.9. The summed E-state index contributed by atoms with van der Waals surface area (Å²) >= 11 is 3.26. The van der Waals surface area contributed by atoms with Gasteiger partial charge in [0, 0.05) is 10.5 Å². The van der Waals surface area contributed by atoms with Gasteiger partial charge >= 0.3 is 0 Å². The molecule has 1 saturated heterocycles. The lowest BCUT2D eigenvalue weighted by Crippen LogP contribution is -2.44. The second-order valence-corrected chi connectivity index (χ2v) is 5.95. The van der Waals surface area contributed by atoms with Crippen molar-refractivity contribution in [3.63, 3.8) is 0 Å². The average Bonchev–Trinajstić information content (AvgIpc) is 2.39. The fourth-order valence-corrected chi connectivity index (χ4v) is 2.75. The van der Waals surface area contributed by atoms with Crippen LogP contribution in [0.5, 0.6) is 5.75 Å². The maximum atomic E-state index is 12.1. The van der Waals surface area contributed by atoms with Gasteiger partial charge in [0.2, 0.25) is 0 Å². The summed E-state index contributed by atoms with van der Waals surface area (Å²) in [6.45, 7) is 4.02. The topological polar surface area (TPSA) is 61.4 Å². The van der Waals surface area contributed by atoms with Crippen LogP contribution in [0.3, 0.4) is 0 Å². The molecule has 0 radical (unpaired) electrons. The molecule has 1 amide bonds. The summed E-state index contributed by atoms with van der Waals surface area (Å²) in [5.74, 6) is 0.235. The van der Waals surface area contributed by atoms with Gasteiger partial charge in [-0.1, -0.05) is 15.9 Å². The number of hydrogen-bond donors (Lipinski definition) is 3. The van der Waals surface area contributed by atoms with Crippen molar-refractivity contribution in [3.8, 4) is 5.75 Å². The zero-order valence-corrected chi connectivity index (χ0v) is 12.5. The molecule has 3 N–H and O–H groups in total. The Morgan fingerprint density at radius 1 is 1.58 bits per heavy atom. The number of phenolic OH excluding ortho intramolecular Hbond substituents is 1. The van der Waals surface area contributed by atoms with E-state index in [1.807, 2.05) is 6.92 Å². The predicted molar refractivity (Wildman–Crippen MR) is 78.3 cm³/mol. The Morgan fingerprint density at radius 2 is 2.37 bits per heavy atom. The third-order valence-electron chi connectivity index (χ3n) is 3.61. The molecule has 0 spiro atoms. The second-order valence-electron chi connectivity index (χ2n) is 5.03. The lowest BCUT2D eigenvalue weighted by atomic mass is 9.92. The van der Waals surface area contributed by atoms with Gasteiger partial charge in [0.25, 0.3) is 5.91 Å². The van der Waals surface area contributed by atoms with Crippen molar-refractivity contribution in [1.82, 2.24) is 10.6 Å². The van der Waals surface area contributed by atoms with Crippen molar-refractivity contribution >= 4 is 21.8 Å². The van der Waals surface area contributed by atoms with Crippen LogP contribution in [0.1, 0.15) is 30.1 Å². The van der Waals surface area contributed by atoms with Crippen molar-refractivity contribution in [2.24, 2.45) is 5.92 Å². The number of aromatic hydroxyl groups is 1. The van der Waals surface area contributed by atoms with Crippen LogP contribution in [0.4, 0.5) is 0 Å². The van der Waals surface area contributed by atoms with Crippen molar-refractivity contribution in [2.45, 2.75) is 25.8 Å². The molecule has 104 valence electrons. The minimum atomic E-state index is -0.219. The first-order valence-corrected chi connectivity index (χ1v) is 7.37. The number of benzene rings is 1. The molecule has 0 bridgehead atoms. The Morgan fingerprint density at radius 3 is 3.00 bits per heavy atom. The first-order chi connectivity index (χ1) is 9.08. The zero-order valence-electron chi connectivity index (χ0n) is 10.9. The van der Waals surface area contributed by atoms with E-state index in [1.54, 1.807) is 12.1 Å². The van der Waals surface area contributed by atoms with E-state index in [2.05, 4.69) is 26.6 Å². The van der Waals surface area contributed by atoms with E-state index in [4.69, 9.17) is 0 Å². The van der Waals surface area contributed by atoms with Crippen LogP contribution in [0, 0.1) is 5.92 Å². The van der Waals surface area contributed by atoms with Crippen LogP contribution >= 0.6 is 15.9 Å². The molecular weight excluding hydrogens is 308 g/mol. The van der Waals surface area contributed by atoms with Crippen molar-refractivity contribution in [3.05, 3.63) is 28.2 Å². The molecule has 2 unspecified atom stereocenters. The molecule has 1 aromatic carbocycles. The molecule has 2 rings (SSSR count). The molecule has 1 fully saturated rings. The summed E-state index contributed by atoms with van der Waals surface area (Å²) < 4.78 is 0.756. The highest BCUT2D eigenvalue weighted by Crippen LogP contribution is 2.23. The smallest absolute Gasteiger partial charge is 0.255 e. The van der Waals surface area contributed by atoms with Crippen LogP contribution in [0.25, 0.3) is 0 Å². The standard InChI is InChI=1S/C14H19BrN2O2/c1-9(10-3-2-6-16-8-10)17-14(19)12-5-4-11(15)7-13(12)18/h4-5,7,9-10,16,18H,2-3,6,8H2,1H3,(H,17,19). The Hall–Kier alpha value is -1.07. The van der Waals surface area contributed by atoms with E-state index in [-0.39, 0.29) is 17.7 Å². The van der Waals surface area contributed by atoms with Gasteiger partial charge in [-0.15, -0.1) is 0 Å². The quantitative estimate of drug-likeness (QED) is 0.798. The number of phenols is 1. The number of hydrogen-bond acceptors (Lipinski definition) is 3. The number of amides is 1. The second kappa shape index (κ2) is 6.39.